The minimum Gasteiger partial charge on any atom is -0.456 e. The first kappa shape index (κ1) is 60.3. The molecule has 16 aromatic carbocycles. The van der Waals surface area contributed by atoms with Gasteiger partial charge in [0.2, 0.25) is 0 Å². The van der Waals surface area contributed by atoms with E-state index in [1.807, 2.05) is 11.3 Å². The molecule has 0 unspecified atom stereocenters. The van der Waals surface area contributed by atoms with E-state index in [9.17, 15) is 0 Å². The van der Waals surface area contributed by atoms with Gasteiger partial charge in [0.15, 0.2) is 0 Å². The highest BCUT2D eigenvalue weighted by molar-refractivity contribution is 7.25. The normalized spacial score (nSPS) is 12.9. The maximum Gasteiger partial charge on any atom is 0.137 e. The smallest absolute Gasteiger partial charge is 0.137 e. The molecule has 20 rings (SSSR count). The first-order chi connectivity index (χ1) is 50.6. The topological polar surface area (TPSA) is 19.6 Å². The average Bonchev–Trinajstić information content (AvgIpc) is 1.65. The lowest BCUT2D eigenvalue weighted by Crippen LogP contribution is -2.28. The number of anilines is 6. The van der Waals surface area contributed by atoms with Crippen molar-refractivity contribution in [1.29, 1.82) is 0 Å². The minimum absolute atomic E-state index is 0.450. The lowest BCUT2D eigenvalue weighted by Gasteiger charge is -2.34. The zero-order chi connectivity index (χ0) is 67.6. The molecule has 102 heavy (non-hydrogen) atoms. The predicted octanol–water partition coefficient (Wildman–Crippen LogP) is 26.6. The van der Waals surface area contributed by atoms with Crippen LogP contribution in [0.2, 0.25) is 0 Å². The summed E-state index contributed by atoms with van der Waals surface area (Å²) >= 11 is 1.89. The molecule has 0 saturated heterocycles. The van der Waals surface area contributed by atoms with Crippen molar-refractivity contribution in [1.82, 2.24) is 0 Å². The van der Waals surface area contributed by atoms with Gasteiger partial charge in [-0.3, -0.25) is 0 Å². The van der Waals surface area contributed by atoms with Crippen LogP contribution in [0.25, 0.3) is 86.6 Å². The molecule has 0 amide bonds. The van der Waals surface area contributed by atoms with E-state index in [4.69, 9.17) is 4.42 Å². The van der Waals surface area contributed by atoms with E-state index < -0.39 is 10.8 Å². The van der Waals surface area contributed by atoms with Gasteiger partial charge in [-0.25, -0.2) is 0 Å². The van der Waals surface area contributed by atoms with Gasteiger partial charge in [-0.15, -0.1) is 11.3 Å². The lowest BCUT2D eigenvalue weighted by molar-refractivity contribution is 0.667. The first-order valence-electron chi connectivity index (χ1n) is 35.0. The summed E-state index contributed by atoms with van der Waals surface area (Å²) in [6, 6.07) is 145. The van der Waals surface area contributed by atoms with Gasteiger partial charge in [-0.2, -0.15) is 0 Å². The summed E-state index contributed by atoms with van der Waals surface area (Å²) < 4.78 is 9.41. The molecule has 0 N–H and O–H groups in total. The predicted molar refractivity (Wildman–Crippen MR) is 428 cm³/mol. The van der Waals surface area contributed by atoms with Gasteiger partial charge in [0.25, 0.3) is 0 Å². The molecule has 0 bridgehead atoms. The molecule has 0 spiro atoms. The molecule has 2 heterocycles. The molecule has 2 aliphatic rings. The summed E-state index contributed by atoms with van der Waals surface area (Å²) in [5.74, 6) is 0. The third kappa shape index (κ3) is 9.78. The Hall–Kier alpha value is -12.9. The first-order valence-corrected chi connectivity index (χ1v) is 35.9. The van der Waals surface area contributed by atoms with Crippen molar-refractivity contribution in [2.45, 2.75) is 10.8 Å². The van der Waals surface area contributed by atoms with Gasteiger partial charge >= 0.3 is 0 Å². The number of hydrogen-bond donors (Lipinski definition) is 0. The van der Waals surface area contributed by atoms with Crippen molar-refractivity contribution in [2.75, 3.05) is 9.80 Å². The molecular weight excluding hydrogens is 1250 g/mol. The monoisotopic (exact) mass is 1320 g/mol. The SMILES string of the molecule is c1ccc(-c2cccc(N(c3ccccc3)c3ccc4c(c3)oc3cccc(C5(c6ccccc6)c6ccccc6-c6ccccc65)c34)c2)cc1.c1ccc(-c2cccc(N(c3ccccc3)c3ccc4c(c3)sc3cccc(C5(c6ccccc6)c6ccccc6-c6ccccc65)c34)c2)cc1. The summed E-state index contributed by atoms with van der Waals surface area (Å²) in [5.41, 5.74) is 27.7. The summed E-state index contributed by atoms with van der Waals surface area (Å²) in [7, 11) is 0. The molecule has 4 heteroatoms. The van der Waals surface area contributed by atoms with Crippen LogP contribution in [0.4, 0.5) is 34.1 Å². The molecule has 0 radical (unpaired) electrons. The van der Waals surface area contributed by atoms with Gasteiger partial charge in [-0.1, -0.05) is 309 Å². The van der Waals surface area contributed by atoms with Gasteiger partial charge in [0.1, 0.15) is 11.2 Å². The largest absolute Gasteiger partial charge is 0.456 e. The second-order valence-corrected chi connectivity index (χ2v) is 27.6. The Kier molecular flexibility index (Phi) is 14.9. The second kappa shape index (κ2) is 25.1. The molecule has 480 valence electrons. The Labute approximate surface area is 598 Å². The highest BCUT2D eigenvalue weighted by Gasteiger charge is 2.49. The van der Waals surface area contributed by atoms with Crippen LogP contribution in [0, 0.1) is 0 Å². The molecular formula is C98H66N2OS. The second-order valence-electron chi connectivity index (χ2n) is 26.5. The Morgan fingerprint density at radius 1 is 0.216 bits per heavy atom. The number of furan rings is 1. The fourth-order valence-electron chi connectivity index (χ4n) is 16.9. The Bertz CT molecular complexity index is 5670. The van der Waals surface area contributed by atoms with Crippen LogP contribution < -0.4 is 9.80 Å². The van der Waals surface area contributed by atoms with Crippen molar-refractivity contribution in [3.63, 3.8) is 0 Å². The quantitative estimate of drug-likeness (QED) is 0.122. The van der Waals surface area contributed by atoms with Crippen LogP contribution in [0.15, 0.2) is 405 Å². The Balaban J connectivity index is 0.000000141. The number of para-hydroxylation sites is 2. The molecule has 18 aromatic rings. The van der Waals surface area contributed by atoms with E-state index in [1.54, 1.807) is 0 Å². The number of hydrogen-bond acceptors (Lipinski definition) is 4. The summed E-state index contributed by atoms with van der Waals surface area (Å²) in [6.07, 6.45) is 0. The van der Waals surface area contributed by atoms with Crippen LogP contribution in [-0.2, 0) is 10.8 Å². The van der Waals surface area contributed by atoms with Gasteiger partial charge in [0.05, 0.1) is 10.8 Å². The van der Waals surface area contributed by atoms with Gasteiger partial charge in [0, 0.05) is 71.1 Å². The summed E-state index contributed by atoms with van der Waals surface area (Å²) in [4.78, 5) is 4.70. The number of nitrogens with zero attached hydrogens (tertiary/aromatic N) is 2. The highest BCUT2D eigenvalue weighted by atomic mass is 32.1. The van der Waals surface area contributed by atoms with Crippen molar-refractivity contribution >= 4 is 87.6 Å². The lowest BCUT2D eigenvalue weighted by atomic mass is 9.66. The maximum absolute atomic E-state index is 6.84. The van der Waals surface area contributed by atoms with E-state index in [0.29, 0.717) is 0 Å². The number of thiophene rings is 1. The third-order valence-electron chi connectivity index (χ3n) is 21.1. The van der Waals surface area contributed by atoms with Crippen molar-refractivity contribution in [3.8, 4) is 44.5 Å². The van der Waals surface area contributed by atoms with E-state index >= 15 is 0 Å². The minimum atomic E-state index is -0.516. The summed E-state index contributed by atoms with van der Waals surface area (Å²) in [5, 5.41) is 4.87. The molecule has 0 aliphatic heterocycles. The van der Waals surface area contributed by atoms with E-state index in [2.05, 4.69) is 410 Å². The Morgan fingerprint density at radius 2 is 0.559 bits per heavy atom. The standard InChI is InChI=1S/C49H33NO.C49H33NS/c2*1-4-16-34(17-5-1)35-18-14-23-38(32-35)50(37-21-8-3-9-22-37)39-30-31-42-47(33-39)51-46-29-15-28-45(48(42)46)49(36-19-6-2-7-20-36)43-26-12-10-24-40(43)41-25-11-13-27-44(41)49/h2*1-33H. The van der Waals surface area contributed by atoms with Crippen LogP contribution in [-0.4, -0.2) is 0 Å². The van der Waals surface area contributed by atoms with Crippen molar-refractivity contribution in [3.05, 3.63) is 445 Å². The zero-order valence-electron chi connectivity index (χ0n) is 55.8. The molecule has 2 aromatic heterocycles. The van der Waals surface area contributed by atoms with Crippen LogP contribution >= 0.6 is 11.3 Å². The van der Waals surface area contributed by atoms with Crippen molar-refractivity contribution < 1.29 is 4.42 Å². The van der Waals surface area contributed by atoms with Crippen molar-refractivity contribution in [2.24, 2.45) is 0 Å². The van der Waals surface area contributed by atoms with Crippen LogP contribution in [0.5, 0.6) is 0 Å². The fourth-order valence-corrected chi connectivity index (χ4v) is 18.0. The van der Waals surface area contributed by atoms with E-state index in [1.165, 1.54) is 109 Å². The third-order valence-corrected chi connectivity index (χ3v) is 22.2. The highest BCUT2D eigenvalue weighted by Crippen LogP contribution is 2.60. The number of benzene rings is 16. The average molecular weight is 1320 g/mol. The number of fused-ring (bicyclic) bond motifs is 12. The zero-order valence-corrected chi connectivity index (χ0v) is 56.6. The summed E-state index contributed by atoms with van der Waals surface area (Å²) in [6.45, 7) is 0. The van der Waals surface area contributed by atoms with E-state index in [-0.39, 0.29) is 0 Å². The van der Waals surface area contributed by atoms with Gasteiger partial charge < -0.3 is 14.2 Å². The van der Waals surface area contributed by atoms with Crippen LogP contribution in [0.3, 0.4) is 0 Å². The number of rotatable bonds is 12. The molecule has 0 fully saturated rings. The maximum atomic E-state index is 6.84. The molecule has 0 saturated carbocycles. The molecule has 2 aliphatic carbocycles. The van der Waals surface area contributed by atoms with E-state index in [0.717, 1.165) is 56.1 Å². The van der Waals surface area contributed by atoms with Crippen LogP contribution in [0.1, 0.15) is 44.5 Å². The molecule has 0 atom stereocenters. The fraction of sp³-hybridized carbons (Fsp3) is 0.0204. The van der Waals surface area contributed by atoms with Gasteiger partial charge in [-0.05, 0) is 174 Å². The Morgan fingerprint density at radius 3 is 1.03 bits per heavy atom. The molecule has 3 nitrogen and oxygen atoms in total.